The molecule has 1 aromatic heterocycles. The van der Waals surface area contributed by atoms with Gasteiger partial charge in [0.2, 0.25) is 0 Å². The summed E-state index contributed by atoms with van der Waals surface area (Å²) in [6, 6.07) is 0. The first-order valence-corrected chi connectivity index (χ1v) is 6.67. The lowest BCUT2D eigenvalue weighted by Crippen LogP contribution is -2.48. The van der Waals surface area contributed by atoms with E-state index in [2.05, 4.69) is 9.72 Å². The number of esters is 1. The summed E-state index contributed by atoms with van der Waals surface area (Å²) in [4.78, 5) is 14.8. The SMILES string of the molecule is Cn1ccnc1COC(=O)CC(F)(F)C(F)(F)S(=O)(=O)O. The van der Waals surface area contributed by atoms with Crippen molar-refractivity contribution in [2.24, 2.45) is 7.05 Å². The highest BCUT2D eigenvalue weighted by atomic mass is 32.2. The molecule has 0 saturated heterocycles. The molecule has 12 heteroatoms. The zero-order chi connectivity index (χ0) is 16.5. The summed E-state index contributed by atoms with van der Waals surface area (Å²) < 4.78 is 86.1. The standard InChI is InChI=1S/C9H10F4N2O5S/c1-15-3-2-14-6(15)5-20-7(16)4-8(10,11)9(12,13)21(17,18)19/h2-3H,4-5H2,1H3,(H,17,18,19). The zero-order valence-electron chi connectivity index (χ0n) is 10.5. The third-order valence-electron chi connectivity index (χ3n) is 2.40. The van der Waals surface area contributed by atoms with Crippen LogP contribution in [0.1, 0.15) is 12.2 Å². The van der Waals surface area contributed by atoms with Crippen molar-refractivity contribution in [3.8, 4) is 0 Å². The van der Waals surface area contributed by atoms with Gasteiger partial charge in [-0.3, -0.25) is 9.35 Å². The van der Waals surface area contributed by atoms with E-state index in [4.69, 9.17) is 4.55 Å². The number of alkyl halides is 4. The number of carbonyl (C=O) groups excluding carboxylic acids is 1. The maximum atomic E-state index is 13.1. The average molecular weight is 334 g/mol. The molecule has 1 heterocycles. The fraction of sp³-hybridized carbons (Fsp3) is 0.556. The number of carbonyl (C=O) groups is 1. The molecule has 0 fully saturated rings. The summed E-state index contributed by atoms with van der Waals surface area (Å²) in [6.07, 6.45) is 0.568. The van der Waals surface area contributed by atoms with Gasteiger partial charge in [0.1, 0.15) is 18.9 Å². The second-order valence-electron chi connectivity index (χ2n) is 3.99. The molecule has 1 rings (SSSR count). The molecule has 0 atom stereocenters. The predicted octanol–water partition coefficient (Wildman–Crippen LogP) is 0.969. The lowest BCUT2D eigenvalue weighted by atomic mass is 10.2. The molecule has 21 heavy (non-hydrogen) atoms. The van der Waals surface area contributed by atoms with Crippen molar-refractivity contribution in [2.75, 3.05) is 0 Å². The van der Waals surface area contributed by atoms with Crippen LogP contribution in [0.3, 0.4) is 0 Å². The van der Waals surface area contributed by atoms with Gasteiger partial charge in [-0.15, -0.1) is 0 Å². The third kappa shape index (κ3) is 3.69. The minimum atomic E-state index is -6.38. The van der Waals surface area contributed by atoms with Crippen LogP contribution in [0.4, 0.5) is 17.6 Å². The molecular formula is C9H10F4N2O5S. The van der Waals surface area contributed by atoms with Crippen molar-refractivity contribution >= 4 is 16.1 Å². The molecule has 0 aliphatic carbocycles. The molecule has 0 amide bonds. The van der Waals surface area contributed by atoms with Crippen LogP contribution in [0.15, 0.2) is 12.4 Å². The van der Waals surface area contributed by atoms with Crippen molar-refractivity contribution in [1.82, 2.24) is 9.55 Å². The Hall–Kier alpha value is -1.69. The van der Waals surface area contributed by atoms with Gasteiger partial charge in [-0.25, -0.2) is 4.98 Å². The van der Waals surface area contributed by atoms with Gasteiger partial charge in [0, 0.05) is 19.4 Å². The summed E-state index contributed by atoms with van der Waals surface area (Å²) in [7, 11) is -4.87. The van der Waals surface area contributed by atoms with E-state index in [9.17, 15) is 30.8 Å². The van der Waals surface area contributed by atoms with Gasteiger partial charge >= 0.3 is 27.3 Å². The number of aryl methyl sites for hydroxylation is 1. The summed E-state index contributed by atoms with van der Waals surface area (Å²) in [5, 5.41) is -5.80. The Morgan fingerprint density at radius 3 is 2.43 bits per heavy atom. The second-order valence-corrected chi connectivity index (χ2v) is 5.45. The highest BCUT2D eigenvalue weighted by molar-refractivity contribution is 7.87. The topological polar surface area (TPSA) is 98.5 Å². The smallest absolute Gasteiger partial charge is 0.432 e. The fourth-order valence-corrected chi connectivity index (χ4v) is 1.65. The Balaban J connectivity index is 2.71. The molecule has 0 radical (unpaired) electrons. The van der Waals surface area contributed by atoms with Crippen molar-refractivity contribution in [2.45, 2.75) is 24.2 Å². The number of rotatable bonds is 6. The minimum Gasteiger partial charge on any atom is -0.457 e. The largest absolute Gasteiger partial charge is 0.457 e. The first-order valence-electron chi connectivity index (χ1n) is 5.23. The molecule has 0 aromatic carbocycles. The average Bonchev–Trinajstić information content (AvgIpc) is 2.70. The van der Waals surface area contributed by atoms with Gasteiger partial charge in [-0.1, -0.05) is 0 Å². The number of hydrogen-bond donors (Lipinski definition) is 1. The molecule has 1 N–H and O–H groups in total. The highest BCUT2D eigenvalue weighted by Crippen LogP contribution is 2.40. The Morgan fingerprint density at radius 2 is 2.00 bits per heavy atom. The predicted molar refractivity (Wildman–Crippen MR) is 59.1 cm³/mol. The number of nitrogens with zero attached hydrogens (tertiary/aromatic N) is 2. The van der Waals surface area contributed by atoms with E-state index in [-0.39, 0.29) is 5.82 Å². The van der Waals surface area contributed by atoms with Gasteiger partial charge in [0.15, 0.2) is 0 Å². The molecule has 1 aromatic rings. The van der Waals surface area contributed by atoms with E-state index in [1.807, 2.05) is 0 Å². The summed E-state index contributed by atoms with van der Waals surface area (Å²) in [5.74, 6) is -6.93. The minimum absolute atomic E-state index is 0.160. The van der Waals surface area contributed by atoms with Crippen LogP contribution in [-0.2, 0) is 33.3 Å². The monoisotopic (exact) mass is 334 g/mol. The zero-order valence-corrected chi connectivity index (χ0v) is 11.3. The van der Waals surface area contributed by atoms with Crippen LogP contribution in [-0.4, -0.2) is 39.7 Å². The molecule has 0 unspecified atom stereocenters. The normalized spacial score (nSPS) is 13.2. The molecule has 7 nitrogen and oxygen atoms in total. The van der Waals surface area contributed by atoms with Gasteiger partial charge in [-0.05, 0) is 0 Å². The fourth-order valence-electron chi connectivity index (χ4n) is 1.20. The molecule has 0 saturated carbocycles. The van der Waals surface area contributed by atoms with Crippen LogP contribution >= 0.6 is 0 Å². The summed E-state index contributed by atoms with van der Waals surface area (Å²) in [6.45, 7) is -0.560. The summed E-state index contributed by atoms with van der Waals surface area (Å²) in [5.41, 5.74) is 0. The Morgan fingerprint density at radius 1 is 1.43 bits per heavy atom. The number of halogens is 4. The van der Waals surface area contributed by atoms with Gasteiger partial charge in [0.25, 0.3) is 0 Å². The Labute approximate surface area is 116 Å². The van der Waals surface area contributed by atoms with Gasteiger partial charge < -0.3 is 9.30 Å². The number of hydrogen-bond acceptors (Lipinski definition) is 5. The Kier molecular flexibility index (Phi) is 4.63. The van der Waals surface area contributed by atoms with Crippen LogP contribution in [0.25, 0.3) is 0 Å². The maximum absolute atomic E-state index is 13.1. The maximum Gasteiger partial charge on any atom is 0.432 e. The third-order valence-corrected chi connectivity index (χ3v) is 3.35. The van der Waals surface area contributed by atoms with Crippen LogP contribution < -0.4 is 0 Å². The highest BCUT2D eigenvalue weighted by Gasteiger charge is 2.66. The number of imidazole rings is 1. The molecule has 0 bridgehead atoms. The molecule has 0 aliphatic heterocycles. The van der Waals surface area contributed by atoms with Crippen LogP contribution in [0.5, 0.6) is 0 Å². The quantitative estimate of drug-likeness (QED) is 0.473. The van der Waals surface area contributed by atoms with Crippen molar-refractivity contribution in [3.05, 3.63) is 18.2 Å². The van der Waals surface area contributed by atoms with Gasteiger partial charge in [0.05, 0.1) is 0 Å². The first kappa shape index (κ1) is 17.4. The van der Waals surface area contributed by atoms with E-state index in [1.165, 1.54) is 24.0 Å². The van der Waals surface area contributed by atoms with E-state index >= 15 is 0 Å². The van der Waals surface area contributed by atoms with E-state index < -0.39 is 40.3 Å². The molecular weight excluding hydrogens is 324 g/mol. The number of ether oxygens (including phenoxy) is 1. The number of aromatic nitrogens is 2. The van der Waals surface area contributed by atoms with E-state index in [0.29, 0.717) is 0 Å². The molecule has 0 spiro atoms. The van der Waals surface area contributed by atoms with Crippen molar-refractivity contribution in [1.29, 1.82) is 0 Å². The second kappa shape index (κ2) is 5.60. The Bertz CT molecular complexity index is 628. The van der Waals surface area contributed by atoms with Crippen LogP contribution in [0, 0.1) is 0 Å². The lowest BCUT2D eigenvalue weighted by Gasteiger charge is -2.22. The first-order chi connectivity index (χ1) is 9.38. The summed E-state index contributed by atoms with van der Waals surface area (Å²) >= 11 is 0. The van der Waals surface area contributed by atoms with E-state index in [1.54, 1.807) is 0 Å². The molecule has 0 aliphatic rings. The van der Waals surface area contributed by atoms with Crippen molar-refractivity contribution < 1.29 is 40.1 Å². The molecule has 120 valence electrons. The van der Waals surface area contributed by atoms with Crippen LogP contribution in [0.2, 0.25) is 0 Å². The van der Waals surface area contributed by atoms with E-state index in [0.717, 1.165) is 0 Å². The van der Waals surface area contributed by atoms with Crippen molar-refractivity contribution in [3.63, 3.8) is 0 Å². The lowest BCUT2D eigenvalue weighted by molar-refractivity contribution is -0.183. The van der Waals surface area contributed by atoms with Gasteiger partial charge in [-0.2, -0.15) is 26.0 Å².